The van der Waals surface area contributed by atoms with Crippen LogP contribution in [0.4, 0.5) is 5.69 Å². The minimum absolute atomic E-state index is 0.111. The predicted molar refractivity (Wildman–Crippen MR) is 98.8 cm³/mol. The number of benzene rings is 2. The molecule has 138 valence electrons. The lowest BCUT2D eigenvalue weighted by atomic mass is 10.1. The van der Waals surface area contributed by atoms with Crippen LogP contribution in [0.3, 0.4) is 0 Å². The average Bonchev–Trinajstić information content (AvgIpc) is 3.13. The van der Waals surface area contributed by atoms with Crippen molar-refractivity contribution in [1.82, 2.24) is 0 Å². The fourth-order valence-electron chi connectivity index (χ4n) is 2.30. The number of nitrogens with zero attached hydrogens (tertiary/aromatic N) is 1. The number of hydrogen-bond acceptors (Lipinski definition) is 6. The number of furan rings is 1. The first-order valence-electron chi connectivity index (χ1n) is 7.49. The summed E-state index contributed by atoms with van der Waals surface area (Å²) < 4.78 is 15.6. The van der Waals surface area contributed by atoms with E-state index in [1.807, 2.05) is 0 Å². The SMILES string of the molecule is COc1ccc(-c2ccc(C(=O)Oc3ccc(Cl)cc3Cl)o2)c([N+](=O)[O-])c1. The molecule has 0 fully saturated rings. The van der Waals surface area contributed by atoms with E-state index in [1.165, 1.54) is 49.6 Å². The highest BCUT2D eigenvalue weighted by molar-refractivity contribution is 6.35. The summed E-state index contributed by atoms with van der Waals surface area (Å²) in [4.78, 5) is 23.0. The lowest BCUT2D eigenvalue weighted by Crippen LogP contribution is -2.07. The number of rotatable bonds is 5. The summed E-state index contributed by atoms with van der Waals surface area (Å²) in [7, 11) is 1.40. The summed E-state index contributed by atoms with van der Waals surface area (Å²) in [6.45, 7) is 0. The molecule has 0 aliphatic heterocycles. The topological polar surface area (TPSA) is 91.8 Å². The summed E-state index contributed by atoms with van der Waals surface area (Å²) in [5.41, 5.74) is -0.0197. The first-order valence-corrected chi connectivity index (χ1v) is 8.24. The van der Waals surface area contributed by atoms with E-state index in [4.69, 9.17) is 37.1 Å². The molecule has 3 rings (SSSR count). The number of methoxy groups -OCH3 is 1. The normalized spacial score (nSPS) is 10.5. The second-order valence-electron chi connectivity index (χ2n) is 5.27. The van der Waals surface area contributed by atoms with Crippen LogP contribution in [0.25, 0.3) is 11.3 Å². The molecule has 0 saturated carbocycles. The Hall–Kier alpha value is -3.03. The van der Waals surface area contributed by atoms with Crippen LogP contribution in [0.1, 0.15) is 10.6 Å². The van der Waals surface area contributed by atoms with E-state index in [-0.39, 0.29) is 33.5 Å². The fourth-order valence-corrected chi connectivity index (χ4v) is 2.75. The number of carbonyl (C=O) groups excluding carboxylic acids is 1. The summed E-state index contributed by atoms with van der Waals surface area (Å²) in [5.74, 6) is -0.366. The molecule has 1 aromatic heterocycles. The maximum absolute atomic E-state index is 12.3. The van der Waals surface area contributed by atoms with Gasteiger partial charge in [-0.2, -0.15) is 0 Å². The second-order valence-corrected chi connectivity index (χ2v) is 6.11. The average molecular weight is 408 g/mol. The van der Waals surface area contributed by atoms with Crippen LogP contribution >= 0.6 is 23.2 Å². The number of halogens is 2. The van der Waals surface area contributed by atoms with Gasteiger partial charge in [-0.1, -0.05) is 23.2 Å². The Morgan fingerprint density at radius 2 is 1.89 bits per heavy atom. The van der Waals surface area contributed by atoms with Crippen molar-refractivity contribution in [1.29, 1.82) is 0 Å². The molecule has 9 heteroatoms. The number of esters is 1. The molecule has 0 N–H and O–H groups in total. The lowest BCUT2D eigenvalue weighted by molar-refractivity contribution is -0.384. The van der Waals surface area contributed by atoms with Gasteiger partial charge in [0.2, 0.25) is 5.76 Å². The summed E-state index contributed by atoms with van der Waals surface area (Å²) >= 11 is 11.8. The first kappa shape index (κ1) is 18.8. The third-order valence-corrected chi connectivity index (χ3v) is 4.10. The van der Waals surface area contributed by atoms with Crippen molar-refractivity contribution in [3.63, 3.8) is 0 Å². The molecule has 2 aromatic carbocycles. The maximum Gasteiger partial charge on any atom is 0.379 e. The van der Waals surface area contributed by atoms with Crippen molar-refractivity contribution >= 4 is 34.9 Å². The van der Waals surface area contributed by atoms with Gasteiger partial charge < -0.3 is 13.9 Å². The van der Waals surface area contributed by atoms with Crippen LogP contribution in [0.2, 0.25) is 10.0 Å². The third kappa shape index (κ3) is 4.05. The third-order valence-electron chi connectivity index (χ3n) is 3.57. The monoisotopic (exact) mass is 407 g/mol. The lowest BCUT2D eigenvalue weighted by Gasteiger charge is -2.05. The van der Waals surface area contributed by atoms with Crippen molar-refractivity contribution in [3.8, 4) is 22.8 Å². The maximum atomic E-state index is 12.3. The molecule has 0 atom stereocenters. The molecule has 0 bridgehead atoms. The molecule has 0 spiro atoms. The van der Waals surface area contributed by atoms with E-state index in [0.29, 0.717) is 10.8 Å². The van der Waals surface area contributed by atoms with Crippen LogP contribution in [-0.2, 0) is 0 Å². The standard InChI is InChI=1S/C18H11Cl2NO6/c1-25-11-3-4-12(14(9-11)21(23)24)15-6-7-17(26-15)18(22)27-16-5-2-10(19)8-13(16)20/h2-9H,1H3. The van der Waals surface area contributed by atoms with Crippen LogP contribution in [-0.4, -0.2) is 18.0 Å². The number of hydrogen-bond donors (Lipinski definition) is 0. The predicted octanol–water partition coefficient (Wildman–Crippen LogP) is 5.39. The van der Waals surface area contributed by atoms with Crippen molar-refractivity contribution in [2.24, 2.45) is 0 Å². The Kier molecular flexibility index (Phi) is 5.34. The zero-order chi connectivity index (χ0) is 19.6. The van der Waals surface area contributed by atoms with Gasteiger partial charge in [0, 0.05) is 5.02 Å². The van der Waals surface area contributed by atoms with Crippen molar-refractivity contribution < 1.29 is 23.6 Å². The Morgan fingerprint density at radius 1 is 1.11 bits per heavy atom. The first-order chi connectivity index (χ1) is 12.9. The second kappa shape index (κ2) is 7.69. The van der Waals surface area contributed by atoms with Crippen LogP contribution < -0.4 is 9.47 Å². The minimum Gasteiger partial charge on any atom is -0.497 e. The van der Waals surface area contributed by atoms with E-state index in [2.05, 4.69) is 0 Å². The molecule has 0 aliphatic rings. The van der Waals surface area contributed by atoms with Crippen molar-refractivity contribution in [2.75, 3.05) is 7.11 Å². The zero-order valence-electron chi connectivity index (χ0n) is 13.8. The number of carbonyl (C=O) groups is 1. The van der Waals surface area contributed by atoms with Gasteiger partial charge in [0.05, 0.1) is 28.7 Å². The smallest absolute Gasteiger partial charge is 0.379 e. The van der Waals surface area contributed by atoms with Gasteiger partial charge in [-0.05, 0) is 42.5 Å². The molecule has 1 heterocycles. The Morgan fingerprint density at radius 3 is 2.56 bits per heavy atom. The van der Waals surface area contributed by atoms with E-state index >= 15 is 0 Å². The van der Waals surface area contributed by atoms with Gasteiger partial charge in [0.15, 0.2) is 0 Å². The van der Waals surface area contributed by atoms with E-state index in [0.717, 1.165) is 0 Å². The number of nitro groups is 1. The van der Waals surface area contributed by atoms with Crippen LogP contribution in [0, 0.1) is 10.1 Å². The van der Waals surface area contributed by atoms with Gasteiger partial charge in [0.1, 0.15) is 17.3 Å². The van der Waals surface area contributed by atoms with Gasteiger partial charge in [-0.3, -0.25) is 10.1 Å². The van der Waals surface area contributed by atoms with Gasteiger partial charge >= 0.3 is 5.97 Å². The molecule has 0 aliphatic carbocycles. The molecule has 0 saturated heterocycles. The molecule has 3 aromatic rings. The highest BCUT2D eigenvalue weighted by atomic mass is 35.5. The Balaban J connectivity index is 1.88. The van der Waals surface area contributed by atoms with Crippen molar-refractivity contribution in [3.05, 3.63) is 74.5 Å². The molecule has 0 unspecified atom stereocenters. The summed E-state index contributed by atoms with van der Waals surface area (Å²) in [5, 5.41) is 11.9. The van der Waals surface area contributed by atoms with E-state index in [1.54, 1.807) is 6.07 Å². The van der Waals surface area contributed by atoms with E-state index in [9.17, 15) is 14.9 Å². The molecular weight excluding hydrogens is 397 g/mol. The highest BCUT2D eigenvalue weighted by Crippen LogP contribution is 2.34. The molecule has 27 heavy (non-hydrogen) atoms. The van der Waals surface area contributed by atoms with Crippen LogP contribution in [0.15, 0.2) is 52.9 Å². The van der Waals surface area contributed by atoms with Gasteiger partial charge in [-0.15, -0.1) is 0 Å². The van der Waals surface area contributed by atoms with Gasteiger partial charge in [-0.25, -0.2) is 4.79 Å². The number of ether oxygens (including phenoxy) is 2. The fraction of sp³-hybridized carbons (Fsp3) is 0.0556. The Bertz CT molecular complexity index is 1030. The molecular formula is C18H11Cl2NO6. The molecule has 0 radical (unpaired) electrons. The number of nitro benzene ring substituents is 1. The van der Waals surface area contributed by atoms with Crippen molar-refractivity contribution in [2.45, 2.75) is 0 Å². The zero-order valence-corrected chi connectivity index (χ0v) is 15.3. The minimum atomic E-state index is -0.804. The van der Waals surface area contributed by atoms with Crippen LogP contribution in [0.5, 0.6) is 11.5 Å². The Labute approximate surface area is 163 Å². The van der Waals surface area contributed by atoms with E-state index < -0.39 is 10.9 Å². The summed E-state index contributed by atoms with van der Waals surface area (Å²) in [6.07, 6.45) is 0. The largest absolute Gasteiger partial charge is 0.497 e. The summed E-state index contributed by atoms with van der Waals surface area (Å²) in [6, 6.07) is 11.5. The quantitative estimate of drug-likeness (QED) is 0.243. The highest BCUT2D eigenvalue weighted by Gasteiger charge is 2.22. The van der Waals surface area contributed by atoms with Gasteiger partial charge in [0.25, 0.3) is 5.69 Å². The molecule has 0 amide bonds. The molecule has 7 nitrogen and oxygen atoms in total.